The van der Waals surface area contributed by atoms with Crippen molar-refractivity contribution in [3.8, 4) is 0 Å². The Kier molecular flexibility index (Phi) is 5.05. The second-order valence-corrected chi connectivity index (χ2v) is 14.4. The van der Waals surface area contributed by atoms with Crippen molar-refractivity contribution in [3.63, 3.8) is 0 Å². The molecule has 2 aromatic rings. The molecule has 2 aliphatic heterocycles. The number of aliphatic hydroxyl groups excluding tert-OH is 1. The van der Waals surface area contributed by atoms with Crippen molar-refractivity contribution in [1.29, 1.82) is 0 Å². The van der Waals surface area contributed by atoms with Crippen LogP contribution in [0.5, 0.6) is 0 Å². The van der Waals surface area contributed by atoms with Gasteiger partial charge >= 0.3 is 0 Å². The maximum absolute atomic E-state index is 13.6. The first-order valence-electron chi connectivity index (χ1n) is 9.35. The van der Waals surface area contributed by atoms with Crippen LogP contribution in [0.1, 0.15) is 0 Å². The van der Waals surface area contributed by atoms with Crippen molar-refractivity contribution >= 4 is 23.1 Å². The summed E-state index contributed by atoms with van der Waals surface area (Å²) < 4.78 is 39.0. The lowest BCUT2D eigenvalue weighted by Gasteiger charge is -2.29. The number of ether oxygens (including phenoxy) is 2. The zero-order valence-corrected chi connectivity index (χ0v) is 17.7. The molecule has 0 aromatic heterocycles. The van der Waals surface area contributed by atoms with Crippen LogP contribution in [0.15, 0.2) is 76.2 Å². The van der Waals surface area contributed by atoms with E-state index in [1.165, 1.54) is 0 Å². The summed E-state index contributed by atoms with van der Waals surface area (Å²) in [6.45, 7) is 4.23. The number of epoxide rings is 1. The van der Waals surface area contributed by atoms with E-state index in [4.69, 9.17) is 9.47 Å². The van der Waals surface area contributed by atoms with Gasteiger partial charge in [-0.2, -0.15) is 0 Å². The Bertz CT molecular complexity index is 972. The van der Waals surface area contributed by atoms with Crippen molar-refractivity contribution in [2.75, 3.05) is 6.61 Å². The van der Waals surface area contributed by atoms with E-state index in [1.807, 2.05) is 43.4 Å². The van der Waals surface area contributed by atoms with Crippen molar-refractivity contribution in [1.82, 2.24) is 0 Å². The highest BCUT2D eigenvalue weighted by Gasteiger charge is 2.53. The molecule has 0 saturated carbocycles. The Hall–Kier alpha value is -1.77. The Morgan fingerprint density at radius 2 is 1.64 bits per heavy atom. The topological polar surface area (TPSA) is 76.1 Å². The number of sulfone groups is 1. The monoisotopic (exact) mass is 416 g/mol. The maximum Gasteiger partial charge on any atom is 0.199 e. The van der Waals surface area contributed by atoms with Gasteiger partial charge in [0, 0.05) is 4.53 Å². The molecule has 0 amide bonds. The Morgan fingerprint density at radius 3 is 2.29 bits per heavy atom. The van der Waals surface area contributed by atoms with Crippen LogP contribution < -0.4 is 5.19 Å². The van der Waals surface area contributed by atoms with Crippen LogP contribution >= 0.6 is 0 Å². The van der Waals surface area contributed by atoms with Crippen LogP contribution in [0.2, 0.25) is 13.1 Å². The van der Waals surface area contributed by atoms with Gasteiger partial charge < -0.3 is 14.6 Å². The molecule has 2 aromatic carbocycles. The second kappa shape index (κ2) is 7.24. The third-order valence-electron chi connectivity index (χ3n) is 5.49. The third kappa shape index (κ3) is 3.49. The van der Waals surface area contributed by atoms with E-state index in [2.05, 4.69) is 0 Å². The molecule has 1 N–H and O–H groups in total. The van der Waals surface area contributed by atoms with E-state index < -0.39 is 30.1 Å². The van der Waals surface area contributed by atoms with Gasteiger partial charge in [-0.3, -0.25) is 0 Å². The van der Waals surface area contributed by atoms with Crippen molar-refractivity contribution < 1.29 is 23.0 Å². The minimum absolute atomic E-state index is 0.147. The Morgan fingerprint density at radius 1 is 1.04 bits per heavy atom. The van der Waals surface area contributed by atoms with Crippen LogP contribution in [-0.4, -0.2) is 52.6 Å². The fourth-order valence-electron chi connectivity index (χ4n) is 3.76. The maximum atomic E-state index is 13.6. The summed E-state index contributed by atoms with van der Waals surface area (Å²) in [5.74, 6) is 0. The zero-order valence-electron chi connectivity index (χ0n) is 15.9. The summed E-state index contributed by atoms with van der Waals surface area (Å²) in [4.78, 5) is 0.280. The first-order valence-corrected chi connectivity index (χ1v) is 13.8. The lowest BCUT2D eigenvalue weighted by Crippen LogP contribution is -2.47. The van der Waals surface area contributed by atoms with Gasteiger partial charge in [0.25, 0.3) is 0 Å². The molecule has 148 valence electrons. The molecule has 0 radical (unpaired) electrons. The van der Waals surface area contributed by atoms with Gasteiger partial charge in [0.1, 0.15) is 32.5 Å². The van der Waals surface area contributed by atoms with Crippen LogP contribution in [0.4, 0.5) is 0 Å². The predicted molar refractivity (Wildman–Crippen MR) is 110 cm³/mol. The quantitative estimate of drug-likeness (QED) is 0.596. The number of hydrogen-bond donors (Lipinski definition) is 1. The van der Waals surface area contributed by atoms with E-state index in [0.717, 1.165) is 5.19 Å². The van der Waals surface area contributed by atoms with Gasteiger partial charge in [0.05, 0.1) is 11.5 Å². The van der Waals surface area contributed by atoms with Gasteiger partial charge in [-0.25, -0.2) is 8.42 Å². The zero-order chi connectivity index (χ0) is 19.9. The van der Waals surface area contributed by atoms with E-state index in [-0.39, 0.29) is 23.7 Å². The molecule has 0 spiro atoms. The van der Waals surface area contributed by atoms with E-state index >= 15 is 0 Å². The first-order chi connectivity index (χ1) is 13.3. The molecule has 0 aliphatic carbocycles. The van der Waals surface area contributed by atoms with Gasteiger partial charge in [-0.15, -0.1) is 0 Å². The molecule has 0 unspecified atom stereocenters. The first kappa shape index (κ1) is 19.5. The molecule has 2 saturated heterocycles. The molecule has 4 atom stereocenters. The third-order valence-corrected chi connectivity index (χ3v) is 12.6. The van der Waals surface area contributed by atoms with Crippen LogP contribution in [0, 0.1) is 0 Å². The summed E-state index contributed by atoms with van der Waals surface area (Å²) in [7, 11) is -6.26. The van der Waals surface area contributed by atoms with Gasteiger partial charge in [0.2, 0.25) is 0 Å². The highest BCUT2D eigenvalue weighted by Crippen LogP contribution is 2.37. The van der Waals surface area contributed by atoms with E-state index in [0.29, 0.717) is 4.53 Å². The molecule has 28 heavy (non-hydrogen) atoms. The van der Waals surface area contributed by atoms with Crippen LogP contribution in [-0.2, 0) is 19.3 Å². The fraction of sp³-hybridized carbons (Fsp3) is 0.333. The van der Waals surface area contributed by atoms with Gasteiger partial charge in [0.15, 0.2) is 9.84 Å². The fourth-order valence-corrected chi connectivity index (χ4v) is 10.1. The van der Waals surface area contributed by atoms with Gasteiger partial charge in [-0.05, 0) is 18.2 Å². The van der Waals surface area contributed by atoms with Crippen molar-refractivity contribution in [3.05, 3.63) is 71.3 Å². The lowest BCUT2D eigenvalue weighted by atomic mass is 10.1. The number of rotatable bonds is 5. The summed E-state index contributed by atoms with van der Waals surface area (Å²) in [6.07, 6.45) is 0.0565. The number of benzene rings is 2. The molecule has 2 heterocycles. The summed E-state index contributed by atoms with van der Waals surface area (Å²) in [6, 6.07) is 18.3. The summed E-state index contributed by atoms with van der Waals surface area (Å²) >= 11 is 0. The molecule has 2 aliphatic rings. The molecule has 2 fully saturated rings. The van der Waals surface area contributed by atoms with Crippen LogP contribution in [0.25, 0.3) is 0 Å². The largest absolute Gasteiger partial charge is 0.388 e. The number of fused-ring (bicyclic) bond motifs is 1. The second-order valence-electron chi connectivity index (χ2n) is 7.77. The smallest absolute Gasteiger partial charge is 0.199 e. The minimum Gasteiger partial charge on any atom is -0.388 e. The standard InChI is InChI=1S/C21H24O5SSi/c1-28(2,16-11-7-4-8-12-16)19(27(23,24)15-9-5-3-6-10-15)13-18-21-20(26-21)17(22)14-25-18/h3-13,17-18,20-22H,14H2,1-2H3/b19-13+/t17-,18+,20-,21+/m0/s1. The molecule has 5 nitrogen and oxygen atoms in total. The Labute approximate surface area is 166 Å². The van der Waals surface area contributed by atoms with Crippen molar-refractivity contribution in [2.24, 2.45) is 0 Å². The predicted octanol–water partition coefficient (Wildman–Crippen LogP) is 2.03. The normalized spacial score (nSPS) is 27.9. The molecule has 7 heteroatoms. The van der Waals surface area contributed by atoms with Gasteiger partial charge in [-0.1, -0.05) is 66.8 Å². The van der Waals surface area contributed by atoms with E-state index in [1.54, 1.807) is 36.4 Å². The molecular weight excluding hydrogens is 392 g/mol. The number of aliphatic hydroxyl groups is 1. The summed E-state index contributed by atoms with van der Waals surface area (Å²) in [5.41, 5.74) is 0. The van der Waals surface area contributed by atoms with Crippen molar-refractivity contribution in [2.45, 2.75) is 42.4 Å². The lowest BCUT2D eigenvalue weighted by molar-refractivity contribution is -0.0160. The highest BCUT2D eigenvalue weighted by atomic mass is 32.2. The molecule has 0 bridgehead atoms. The molecular formula is C21H24O5SSi. The average molecular weight is 417 g/mol. The van der Waals surface area contributed by atoms with Crippen LogP contribution in [0.3, 0.4) is 0 Å². The minimum atomic E-state index is -3.70. The molecule has 4 rings (SSSR count). The number of hydrogen-bond acceptors (Lipinski definition) is 5. The average Bonchev–Trinajstić information content (AvgIpc) is 3.50. The van der Waals surface area contributed by atoms with E-state index in [9.17, 15) is 13.5 Å². The SMILES string of the molecule is C[Si](C)(/C(=C/[C@H]1OC[C@H](O)[C@@H]2O[C@@H]21)S(=O)(=O)c1ccccc1)c1ccccc1. The summed E-state index contributed by atoms with van der Waals surface area (Å²) in [5, 5.41) is 10.9. The highest BCUT2D eigenvalue weighted by molar-refractivity contribution is 7.98. The Balaban J connectivity index is 1.81.